The molecule has 2 nitrogen and oxygen atoms in total. The zero-order valence-corrected chi connectivity index (χ0v) is 11.9. The molecule has 0 bridgehead atoms. The molecule has 2 aromatic carbocycles. The third-order valence-electron chi connectivity index (χ3n) is 4.44. The first-order chi connectivity index (χ1) is 9.69. The van der Waals surface area contributed by atoms with E-state index in [0.29, 0.717) is 0 Å². The van der Waals surface area contributed by atoms with Crippen LogP contribution in [0.15, 0.2) is 60.7 Å². The van der Waals surface area contributed by atoms with Crippen molar-refractivity contribution in [2.75, 3.05) is 4.90 Å². The van der Waals surface area contributed by atoms with Crippen LogP contribution in [-0.4, -0.2) is 5.91 Å². The number of rotatable bonds is 3. The van der Waals surface area contributed by atoms with E-state index in [1.54, 1.807) is 0 Å². The molecule has 2 heteroatoms. The molecule has 1 aliphatic heterocycles. The summed E-state index contributed by atoms with van der Waals surface area (Å²) < 4.78 is 0. The fourth-order valence-electron chi connectivity index (χ4n) is 3.37. The van der Waals surface area contributed by atoms with Gasteiger partial charge in [-0.25, -0.2) is 0 Å². The first-order valence-corrected chi connectivity index (χ1v) is 7.14. The maximum absolute atomic E-state index is 12.5. The Morgan fingerprint density at radius 2 is 1.55 bits per heavy atom. The highest BCUT2D eigenvalue weighted by Crippen LogP contribution is 2.49. The summed E-state index contributed by atoms with van der Waals surface area (Å²) in [5.41, 5.74) is 1.94. The van der Waals surface area contributed by atoms with Crippen molar-refractivity contribution >= 4 is 11.6 Å². The van der Waals surface area contributed by atoms with Crippen LogP contribution in [0.2, 0.25) is 0 Å². The van der Waals surface area contributed by atoms with E-state index in [4.69, 9.17) is 0 Å². The predicted octanol–water partition coefficient (Wildman–Crippen LogP) is 3.97. The van der Waals surface area contributed by atoms with E-state index in [1.165, 1.54) is 5.56 Å². The van der Waals surface area contributed by atoms with Crippen molar-refractivity contribution in [3.8, 4) is 0 Å². The fourth-order valence-corrected chi connectivity index (χ4v) is 3.37. The van der Waals surface area contributed by atoms with Crippen LogP contribution in [0, 0.1) is 5.92 Å². The molecule has 0 spiro atoms. The van der Waals surface area contributed by atoms with Crippen molar-refractivity contribution in [3.05, 3.63) is 66.2 Å². The molecule has 1 saturated heterocycles. The van der Waals surface area contributed by atoms with E-state index < -0.39 is 0 Å². The second-order valence-corrected chi connectivity index (χ2v) is 5.48. The third kappa shape index (κ3) is 1.68. The summed E-state index contributed by atoms with van der Waals surface area (Å²) in [7, 11) is 0. The lowest BCUT2D eigenvalue weighted by Crippen LogP contribution is -2.67. The highest BCUT2D eigenvalue weighted by atomic mass is 16.2. The Labute approximate surface area is 120 Å². The normalized spacial score (nSPS) is 25.4. The third-order valence-corrected chi connectivity index (χ3v) is 4.44. The largest absolute Gasteiger partial charge is 0.301 e. The predicted molar refractivity (Wildman–Crippen MR) is 81.5 cm³/mol. The molecule has 0 aromatic heterocycles. The molecule has 1 fully saturated rings. The molecule has 20 heavy (non-hydrogen) atoms. The minimum Gasteiger partial charge on any atom is -0.301 e. The highest BCUT2D eigenvalue weighted by Gasteiger charge is 2.57. The van der Waals surface area contributed by atoms with E-state index in [1.807, 2.05) is 53.4 Å². The first kappa shape index (κ1) is 12.9. The van der Waals surface area contributed by atoms with Gasteiger partial charge in [0, 0.05) is 5.69 Å². The fraction of sp³-hybridized carbons (Fsp3) is 0.278. The van der Waals surface area contributed by atoms with Gasteiger partial charge in [-0.3, -0.25) is 4.79 Å². The second kappa shape index (κ2) is 4.78. The molecule has 2 unspecified atom stereocenters. The molecule has 2 aromatic rings. The standard InChI is InChI=1S/C18H19NO/c1-3-16-17(20)19(15-12-8-5-9-13-15)18(16,2)14-10-6-4-7-11-14/h4-13,16H,3H2,1-2H3. The topological polar surface area (TPSA) is 20.3 Å². The van der Waals surface area contributed by atoms with Gasteiger partial charge in [0.2, 0.25) is 5.91 Å². The van der Waals surface area contributed by atoms with Crippen LogP contribution in [0.25, 0.3) is 0 Å². The number of nitrogens with zero attached hydrogens (tertiary/aromatic N) is 1. The lowest BCUT2D eigenvalue weighted by Gasteiger charge is -2.56. The Morgan fingerprint density at radius 3 is 2.10 bits per heavy atom. The lowest BCUT2D eigenvalue weighted by molar-refractivity contribution is -0.135. The Balaban J connectivity index is 2.08. The highest BCUT2D eigenvalue weighted by molar-refractivity contribution is 6.04. The molecule has 1 heterocycles. The summed E-state index contributed by atoms with van der Waals surface area (Å²) in [6, 6.07) is 20.3. The minimum atomic E-state index is -0.242. The van der Waals surface area contributed by atoms with Gasteiger partial charge >= 0.3 is 0 Å². The number of benzene rings is 2. The van der Waals surface area contributed by atoms with Gasteiger partial charge in [-0.2, -0.15) is 0 Å². The van der Waals surface area contributed by atoms with Gasteiger partial charge in [0.15, 0.2) is 0 Å². The molecular weight excluding hydrogens is 246 g/mol. The van der Waals surface area contributed by atoms with Crippen molar-refractivity contribution < 1.29 is 4.79 Å². The van der Waals surface area contributed by atoms with Crippen molar-refractivity contribution in [1.82, 2.24) is 0 Å². The molecule has 1 amide bonds. The molecule has 0 saturated carbocycles. The molecule has 3 rings (SSSR count). The molecule has 2 atom stereocenters. The number of anilines is 1. The second-order valence-electron chi connectivity index (χ2n) is 5.48. The summed E-state index contributed by atoms with van der Waals surface area (Å²) in [5.74, 6) is 0.287. The van der Waals surface area contributed by atoms with Gasteiger partial charge < -0.3 is 4.90 Å². The van der Waals surface area contributed by atoms with E-state index in [-0.39, 0.29) is 17.4 Å². The van der Waals surface area contributed by atoms with Gasteiger partial charge in [0.1, 0.15) is 0 Å². The number of amides is 1. The molecule has 102 valence electrons. The molecule has 1 aliphatic rings. The number of β-lactam (4-membered cyclic amide) rings is 1. The van der Waals surface area contributed by atoms with Crippen LogP contribution in [-0.2, 0) is 10.3 Å². The zero-order chi connectivity index (χ0) is 14.2. The van der Waals surface area contributed by atoms with Crippen molar-refractivity contribution in [2.45, 2.75) is 25.8 Å². The summed E-state index contributed by atoms with van der Waals surface area (Å²) in [4.78, 5) is 14.4. The Hall–Kier alpha value is -2.09. The number of para-hydroxylation sites is 1. The van der Waals surface area contributed by atoms with Crippen LogP contribution in [0.5, 0.6) is 0 Å². The van der Waals surface area contributed by atoms with Crippen molar-refractivity contribution in [1.29, 1.82) is 0 Å². The maximum Gasteiger partial charge on any atom is 0.233 e. The van der Waals surface area contributed by atoms with E-state index in [2.05, 4.69) is 26.0 Å². The summed E-state index contributed by atoms with van der Waals surface area (Å²) in [6.07, 6.45) is 0.869. The molecular formula is C18H19NO. The van der Waals surface area contributed by atoms with Crippen LogP contribution >= 0.6 is 0 Å². The number of hydrogen-bond acceptors (Lipinski definition) is 1. The SMILES string of the molecule is CCC1C(=O)N(c2ccccc2)C1(C)c1ccccc1. The van der Waals surface area contributed by atoms with Gasteiger partial charge in [-0.15, -0.1) is 0 Å². The summed E-state index contributed by atoms with van der Waals surface area (Å²) in [6.45, 7) is 4.26. The monoisotopic (exact) mass is 265 g/mol. The van der Waals surface area contributed by atoms with Gasteiger partial charge in [-0.1, -0.05) is 55.5 Å². The van der Waals surface area contributed by atoms with Crippen LogP contribution in [0.4, 0.5) is 5.69 Å². The number of carbonyl (C=O) groups excluding carboxylic acids is 1. The van der Waals surface area contributed by atoms with Crippen LogP contribution < -0.4 is 4.90 Å². The van der Waals surface area contributed by atoms with Crippen molar-refractivity contribution in [3.63, 3.8) is 0 Å². The van der Waals surface area contributed by atoms with Crippen LogP contribution in [0.3, 0.4) is 0 Å². The Kier molecular flexibility index (Phi) is 3.09. The lowest BCUT2D eigenvalue weighted by atomic mass is 9.68. The number of hydrogen-bond donors (Lipinski definition) is 0. The molecule has 0 aliphatic carbocycles. The number of carbonyl (C=O) groups is 1. The van der Waals surface area contributed by atoms with E-state index >= 15 is 0 Å². The van der Waals surface area contributed by atoms with E-state index in [9.17, 15) is 4.79 Å². The van der Waals surface area contributed by atoms with Gasteiger partial charge in [-0.05, 0) is 31.0 Å². The Bertz CT molecular complexity index is 608. The van der Waals surface area contributed by atoms with Crippen LogP contribution in [0.1, 0.15) is 25.8 Å². The first-order valence-electron chi connectivity index (χ1n) is 7.14. The summed E-state index contributed by atoms with van der Waals surface area (Å²) in [5, 5.41) is 0. The maximum atomic E-state index is 12.5. The zero-order valence-electron chi connectivity index (χ0n) is 11.9. The van der Waals surface area contributed by atoms with E-state index in [0.717, 1.165) is 12.1 Å². The average Bonchev–Trinajstić information content (AvgIpc) is 2.49. The van der Waals surface area contributed by atoms with Crippen molar-refractivity contribution in [2.24, 2.45) is 5.92 Å². The quantitative estimate of drug-likeness (QED) is 0.769. The van der Waals surface area contributed by atoms with Gasteiger partial charge in [0.25, 0.3) is 0 Å². The Morgan fingerprint density at radius 1 is 1.00 bits per heavy atom. The smallest absolute Gasteiger partial charge is 0.233 e. The molecule has 0 N–H and O–H groups in total. The molecule has 0 radical (unpaired) electrons. The average molecular weight is 265 g/mol. The van der Waals surface area contributed by atoms with Gasteiger partial charge in [0.05, 0.1) is 11.5 Å². The summed E-state index contributed by atoms with van der Waals surface area (Å²) >= 11 is 0. The minimum absolute atomic E-state index is 0.0603.